The van der Waals surface area contributed by atoms with Crippen molar-refractivity contribution in [3.05, 3.63) is 35.9 Å². The average molecular weight is 296 g/mol. The van der Waals surface area contributed by atoms with E-state index in [-0.39, 0.29) is 6.23 Å². The molecular weight excluding hydrogens is 280 g/mol. The highest BCUT2D eigenvalue weighted by atomic mass is 16.5. The van der Waals surface area contributed by atoms with Crippen LogP contribution < -0.4 is 0 Å². The van der Waals surface area contributed by atoms with Gasteiger partial charge in [0.15, 0.2) is 0 Å². The number of ether oxygens (including phenoxy) is 1. The van der Waals surface area contributed by atoms with Gasteiger partial charge in [-0.1, -0.05) is 0 Å². The first-order valence-electron chi connectivity index (χ1n) is 7.68. The number of rotatable bonds is 1. The number of nitrogens with zero attached hydrogens (tertiary/aromatic N) is 3. The van der Waals surface area contributed by atoms with Crippen LogP contribution in [0.15, 0.2) is 24.7 Å². The molecule has 6 nitrogen and oxygen atoms in total. The van der Waals surface area contributed by atoms with E-state index in [2.05, 4.69) is 15.1 Å². The van der Waals surface area contributed by atoms with Crippen LogP contribution >= 0.6 is 0 Å². The van der Waals surface area contributed by atoms with Crippen molar-refractivity contribution in [2.24, 2.45) is 0 Å². The van der Waals surface area contributed by atoms with Gasteiger partial charge in [0.2, 0.25) is 0 Å². The number of aromatic nitrogens is 4. The van der Waals surface area contributed by atoms with E-state index < -0.39 is 6.10 Å². The molecule has 112 valence electrons. The minimum atomic E-state index is -0.717. The molecule has 1 fully saturated rings. The lowest BCUT2D eigenvalue weighted by molar-refractivity contribution is -0.0399. The summed E-state index contributed by atoms with van der Waals surface area (Å²) in [5, 5.41) is 16.3. The first kappa shape index (κ1) is 12.4. The Hall–Kier alpha value is -2.18. The average Bonchev–Trinajstić information content (AvgIpc) is 3.19. The Kier molecular flexibility index (Phi) is 2.48. The Balaban J connectivity index is 1.70. The summed E-state index contributed by atoms with van der Waals surface area (Å²) in [5.41, 5.74) is 4.40. The fourth-order valence-corrected chi connectivity index (χ4v) is 3.56. The molecule has 0 spiro atoms. The standard InChI is InChI=1S/C16H16N4O2/c21-15-10-7-18-16-13(10)9(4-5-17-16)11-8-20(19-14(11)15)12-3-1-2-6-22-12/h4-5,7-8,12,15,21H,1-3,6H2,(H,17,18). The molecule has 1 aliphatic heterocycles. The summed E-state index contributed by atoms with van der Waals surface area (Å²) in [5.74, 6) is 0. The summed E-state index contributed by atoms with van der Waals surface area (Å²) in [7, 11) is 0. The van der Waals surface area contributed by atoms with Crippen LogP contribution in [0, 0.1) is 0 Å². The maximum absolute atomic E-state index is 10.7. The third kappa shape index (κ3) is 1.56. The zero-order valence-corrected chi connectivity index (χ0v) is 12.0. The summed E-state index contributed by atoms with van der Waals surface area (Å²) < 4.78 is 7.68. The summed E-state index contributed by atoms with van der Waals surface area (Å²) in [6.07, 6.45) is 8.09. The zero-order valence-electron chi connectivity index (χ0n) is 12.0. The number of H-pyrrole nitrogens is 1. The SMILES string of the molecule is OC1c2nn(C3CCCCO3)cc2-c2ccnc3[nH]cc1c23. The van der Waals surface area contributed by atoms with Crippen molar-refractivity contribution in [1.82, 2.24) is 19.7 Å². The van der Waals surface area contributed by atoms with Crippen molar-refractivity contribution in [2.75, 3.05) is 6.61 Å². The van der Waals surface area contributed by atoms with Crippen molar-refractivity contribution < 1.29 is 9.84 Å². The molecule has 3 aromatic heterocycles. The fourth-order valence-electron chi connectivity index (χ4n) is 3.56. The van der Waals surface area contributed by atoms with Crippen LogP contribution in [0.2, 0.25) is 0 Å². The van der Waals surface area contributed by atoms with E-state index in [1.807, 2.05) is 23.1 Å². The lowest BCUT2D eigenvalue weighted by atomic mass is 9.91. The van der Waals surface area contributed by atoms with E-state index in [4.69, 9.17) is 4.74 Å². The Bertz CT molecular complexity index is 860. The maximum atomic E-state index is 10.7. The van der Waals surface area contributed by atoms with Crippen molar-refractivity contribution in [1.29, 1.82) is 0 Å². The third-order valence-corrected chi connectivity index (χ3v) is 4.66. The number of aliphatic hydroxyl groups excluding tert-OH is 1. The summed E-state index contributed by atoms with van der Waals surface area (Å²) in [4.78, 5) is 7.45. The molecule has 2 unspecified atom stereocenters. The Morgan fingerprint density at radius 2 is 2.27 bits per heavy atom. The van der Waals surface area contributed by atoms with Crippen molar-refractivity contribution in [3.63, 3.8) is 0 Å². The lowest BCUT2D eigenvalue weighted by Crippen LogP contribution is -2.18. The number of hydrogen-bond acceptors (Lipinski definition) is 4. The molecule has 5 rings (SSSR count). The predicted octanol–water partition coefficient (Wildman–Crippen LogP) is 2.52. The maximum Gasteiger partial charge on any atom is 0.150 e. The molecule has 0 saturated carbocycles. The highest BCUT2D eigenvalue weighted by molar-refractivity contribution is 5.98. The van der Waals surface area contributed by atoms with E-state index in [9.17, 15) is 5.11 Å². The molecule has 2 atom stereocenters. The van der Waals surface area contributed by atoms with Gasteiger partial charge in [0.25, 0.3) is 0 Å². The Morgan fingerprint density at radius 1 is 1.32 bits per heavy atom. The molecule has 3 aromatic rings. The van der Waals surface area contributed by atoms with Crippen LogP contribution in [0.4, 0.5) is 0 Å². The van der Waals surface area contributed by atoms with Crippen molar-refractivity contribution >= 4 is 11.0 Å². The Labute approximate surface area is 126 Å². The van der Waals surface area contributed by atoms with Gasteiger partial charge in [-0.2, -0.15) is 5.10 Å². The van der Waals surface area contributed by atoms with Gasteiger partial charge < -0.3 is 14.8 Å². The van der Waals surface area contributed by atoms with Crippen LogP contribution in [0.3, 0.4) is 0 Å². The summed E-state index contributed by atoms with van der Waals surface area (Å²) >= 11 is 0. The number of hydrogen-bond donors (Lipinski definition) is 2. The van der Waals surface area contributed by atoms with Crippen LogP contribution in [-0.4, -0.2) is 31.5 Å². The first-order chi connectivity index (χ1) is 10.8. The lowest BCUT2D eigenvalue weighted by Gasteiger charge is -2.22. The molecule has 1 saturated heterocycles. The molecule has 2 N–H and O–H groups in total. The van der Waals surface area contributed by atoms with Gasteiger partial charge >= 0.3 is 0 Å². The van der Waals surface area contributed by atoms with Gasteiger partial charge in [0.1, 0.15) is 23.7 Å². The molecule has 22 heavy (non-hydrogen) atoms. The molecule has 6 heteroatoms. The van der Waals surface area contributed by atoms with E-state index in [0.29, 0.717) is 5.69 Å². The molecule has 0 aromatic carbocycles. The molecule has 1 aliphatic carbocycles. The van der Waals surface area contributed by atoms with Crippen molar-refractivity contribution in [2.45, 2.75) is 31.6 Å². The minimum absolute atomic E-state index is 0.0233. The van der Waals surface area contributed by atoms with E-state index in [1.54, 1.807) is 6.20 Å². The monoisotopic (exact) mass is 296 g/mol. The minimum Gasteiger partial charge on any atom is -0.382 e. The Morgan fingerprint density at radius 3 is 3.14 bits per heavy atom. The molecule has 0 radical (unpaired) electrons. The van der Waals surface area contributed by atoms with Crippen LogP contribution in [0.5, 0.6) is 0 Å². The van der Waals surface area contributed by atoms with Crippen LogP contribution in [-0.2, 0) is 4.74 Å². The second-order valence-electron chi connectivity index (χ2n) is 5.96. The van der Waals surface area contributed by atoms with E-state index >= 15 is 0 Å². The van der Waals surface area contributed by atoms with Gasteiger partial charge in [0.05, 0.1) is 0 Å². The fraction of sp³-hybridized carbons (Fsp3) is 0.375. The highest BCUT2D eigenvalue weighted by Gasteiger charge is 2.31. The van der Waals surface area contributed by atoms with E-state index in [0.717, 1.165) is 53.6 Å². The van der Waals surface area contributed by atoms with Gasteiger partial charge in [-0.15, -0.1) is 0 Å². The largest absolute Gasteiger partial charge is 0.382 e. The number of nitrogens with one attached hydrogen (secondary N) is 1. The molecule has 0 bridgehead atoms. The second-order valence-corrected chi connectivity index (χ2v) is 5.96. The second kappa shape index (κ2) is 4.41. The first-order valence-corrected chi connectivity index (χ1v) is 7.68. The van der Waals surface area contributed by atoms with Gasteiger partial charge in [-0.25, -0.2) is 9.67 Å². The molecule has 4 heterocycles. The van der Waals surface area contributed by atoms with Gasteiger partial charge in [-0.05, 0) is 30.9 Å². The van der Waals surface area contributed by atoms with E-state index in [1.165, 1.54) is 0 Å². The summed E-state index contributed by atoms with van der Waals surface area (Å²) in [6.45, 7) is 0.775. The highest BCUT2D eigenvalue weighted by Crippen LogP contribution is 2.43. The van der Waals surface area contributed by atoms with Crippen molar-refractivity contribution in [3.8, 4) is 11.1 Å². The van der Waals surface area contributed by atoms with Gasteiger partial charge in [-0.3, -0.25) is 0 Å². The molecule has 0 amide bonds. The molecular formula is C16H16N4O2. The third-order valence-electron chi connectivity index (χ3n) is 4.66. The topological polar surface area (TPSA) is 76.0 Å². The van der Waals surface area contributed by atoms with Crippen LogP contribution in [0.25, 0.3) is 22.2 Å². The smallest absolute Gasteiger partial charge is 0.150 e. The van der Waals surface area contributed by atoms with Gasteiger partial charge in [0, 0.05) is 41.7 Å². The summed E-state index contributed by atoms with van der Waals surface area (Å²) in [6, 6.07) is 1.98. The number of pyridine rings is 1. The number of fused-ring (bicyclic) bond motifs is 2. The normalized spacial score (nSPS) is 23.7. The zero-order chi connectivity index (χ0) is 14.7. The predicted molar refractivity (Wildman–Crippen MR) is 80.2 cm³/mol. The quantitative estimate of drug-likeness (QED) is 0.723. The number of aliphatic hydroxyl groups is 1. The van der Waals surface area contributed by atoms with Crippen LogP contribution in [0.1, 0.15) is 42.9 Å². The number of aromatic amines is 1. The molecule has 2 aliphatic rings.